The standard InChI is InChI=1S/C23H26N2O4/c1-14(2)12-20(26)25-21(16-8-10-18(28-3)19(13-16)29-4)17-9-7-15-6-5-11-24-22(15)23(17)27/h5-11,13-14,21,27H,12H2,1-4H3,(H,25,26)/t21-/m0/s1. The Morgan fingerprint density at radius 3 is 2.55 bits per heavy atom. The fourth-order valence-corrected chi connectivity index (χ4v) is 3.34. The molecule has 6 heteroatoms. The molecule has 2 N–H and O–H groups in total. The van der Waals surface area contributed by atoms with E-state index in [2.05, 4.69) is 10.3 Å². The van der Waals surface area contributed by atoms with Gasteiger partial charge < -0.3 is 19.9 Å². The molecule has 1 atom stereocenters. The number of fused-ring (bicyclic) bond motifs is 1. The molecule has 1 amide bonds. The third kappa shape index (κ3) is 4.42. The molecule has 6 nitrogen and oxygen atoms in total. The summed E-state index contributed by atoms with van der Waals surface area (Å²) in [6.07, 6.45) is 2.02. The zero-order valence-corrected chi connectivity index (χ0v) is 17.1. The Bertz CT molecular complexity index is 1020. The molecule has 1 heterocycles. The fourth-order valence-electron chi connectivity index (χ4n) is 3.34. The summed E-state index contributed by atoms with van der Waals surface area (Å²) in [5.74, 6) is 1.31. The van der Waals surface area contributed by atoms with Crippen LogP contribution in [0.4, 0.5) is 0 Å². The molecule has 0 aliphatic heterocycles. The molecule has 0 radical (unpaired) electrons. The summed E-state index contributed by atoms with van der Waals surface area (Å²) in [7, 11) is 3.13. The predicted molar refractivity (Wildman–Crippen MR) is 112 cm³/mol. The van der Waals surface area contributed by atoms with Crippen molar-refractivity contribution in [1.29, 1.82) is 0 Å². The maximum absolute atomic E-state index is 12.6. The van der Waals surface area contributed by atoms with Gasteiger partial charge in [0.1, 0.15) is 11.3 Å². The molecule has 0 fully saturated rings. The minimum atomic E-state index is -0.563. The number of aromatic nitrogens is 1. The van der Waals surface area contributed by atoms with E-state index in [9.17, 15) is 9.90 Å². The normalized spacial score (nSPS) is 12.0. The first-order chi connectivity index (χ1) is 13.9. The smallest absolute Gasteiger partial charge is 0.221 e. The summed E-state index contributed by atoms with van der Waals surface area (Å²) >= 11 is 0. The van der Waals surface area contributed by atoms with Gasteiger partial charge in [-0.3, -0.25) is 9.78 Å². The second-order valence-electron chi connectivity index (χ2n) is 7.29. The first-order valence-electron chi connectivity index (χ1n) is 9.52. The number of phenolic OH excluding ortho intramolecular Hbond substituents is 1. The number of carbonyl (C=O) groups is 1. The van der Waals surface area contributed by atoms with Crippen molar-refractivity contribution < 1.29 is 19.4 Å². The number of nitrogens with one attached hydrogen (secondary N) is 1. The topological polar surface area (TPSA) is 80.7 Å². The number of ether oxygens (including phenoxy) is 2. The summed E-state index contributed by atoms with van der Waals surface area (Å²) in [5, 5.41) is 14.8. The lowest BCUT2D eigenvalue weighted by Gasteiger charge is -2.23. The number of hydrogen-bond acceptors (Lipinski definition) is 5. The van der Waals surface area contributed by atoms with Crippen LogP contribution in [0.3, 0.4) is 0 Å². The Labute approximate surface area is 170 Å². The molecule has 0 saturated heterocycles. The van der Waals surface area contributed by atoms with Crippen LogP contribution in [-0.4, -0.2) is 30.2 Å². The Balaban J connectivity index is 2.11. The number of aromatic hydroxyl groups is 1. The van der Waals surface area contributed by atoms with Crippen LogP contribution in [0.1, 0.15) is 37.4 Å². The molecule has 0 unspecified atom stereocenters. The number of benzene rings is 2. The van der Waals surface area contributed by atoms with Gasteiger partial charge in [0.2, 0.25) is 5.91 Å². The Morgan fingerprint density at radius 2 is 1.86 bits per heavy atom. The molecule has 3 rings (SSSR count). The summed E-state index contributed by atoms with van der Waals surface area (Å²) in [6.45, 7) is 3.98. The highest BCUT2D eigenvalue weighted by molar-refractivity contribution is 5.86. The van der Waals surface area contributed by atoms with Crippen molar-refractivity contribution in [2.75, 3.05) is 14.2 Å². The molecule has 0 spiro atoms. The number of nitrogens with zero attached hydrogens (tertiary/aromatic N) is 1. The van der Waals surface area contributed by atoms with Crippen LogP contribution >= 0.6 is 0 Å². The number of phenols is 1. The van der Waals surface area contributed by atoms with Crippen molar-refractivity contribution in [2.24, 2.45) is 5.92 Å². The molecular weight excluding hydrogens is 368 g/mol. The van der Waals surface area contributed by atoms with E-state index in [1.165, 1.54) is 0 Å². The first kappa shape index (κ1) is 20.5. The van der Waals surface area contributed by atoms with Gasteiger partial charge >= 0.3 is 0 Å². The van der Waals surface area contributed by atoms with Gasteiger partial charge in [0, 0.05) is 23.6 Å². The molecular formula is C23H26N2O4. The number of amides is 1. The van der Waals surface area contributed by atoms with Gasteiger partial charge in [0.15, 0.2) is 11.5 Å². The van der Waals surface area contributed by atoms with Crippen LogP contribution in [0.5, 0.6) is 17.2 Å². The fraction of sp³-hybridized carbons (Fsp3) is 0.304. The van der Waals surface area contributed by atoms with E-state index in [1.54, 1.807) is 32.5 Å². The van der Waals surface area contributed by atoms with Crippen LogP contribution in [0, 0.1) is 5.92 Å². The van der Waals surface area contributed by atoms with Gasteiger partial charge in [-0.1, -0.05) is 38.1 Å². The van der Waals surface area contributed by atoms with Gasteiger partial charge in [0.25, 0.3) is 0 Å². The molecule has 0 bridgehead atoms. The van der Waals surface area contributed by atoms with Crippen LogP contribution < -0.4 is 14.8 Å². The lowest BCUT2D eigenvalue weighted by atomic mass is 9.95. The Kier molecular flexibility index (Phi) is 6.22. The van der Waals surface area contributed by atoms with Crippen LogP contribution in [-0.2, 0) is 4.79 Å². The minimum absolute atomic E-state index is 0.0488. The van der Waals surface area contributed by atoms with Gasteiger partial charge in [0.05, 0.1) is 20.3 Å². The van der Waals surface area contributed by atoms with Crippen LogP contribution in [0.25, 0.3) is 10.9 Å². The van der Waals surface area contributed by atoms with E-state index < -0.39 is 6.04 Å². The molecule has 2 aromatic carbocycles. The van der Waals surface area contributed by atoms with Crippen molar-refractivity contribution in [3.63, 3.8) is 0 Å². The molecule has 0 aliphatic carbocycles. The van der Waals surface area contributed by atoms with Crippen molar-refractivity contribution in [3.8, 4) is 17.2 Å². The molecule has 1 aromatic heterocycles. The molecule has 0 aliphatic rings. The quantitative estimate of drug-likeness (QED) is 0.627. The Hall–Kier alpha value is -3.28. The largest absolute Gasteiger partial charge is 0.505 e. The molecule has 29 heavy (non-hydrogen) atoms. The van der Waals surface area contributed by atoms with Gasteiger partial charge in [-0.25, -0.2) is 0 Å². The van der Waals surface area contributed by atoms with Crippen molar-refractivity contribution >= 4 is 16.8 Å². The average molecular weight is 394 g/mol. The van der Waals surface area contributed by atoms with Gasteiger partial charge in [-0.2, -0.15) is 0 Å². The summed E-state index contributed by atoms with van der Waals surface area (Å²) in [4.78, 5) is 16.9. The monoisotopic (exact) mass is 394 g/mol. The molecule has 0 saturated carbocycles. The van der Waals surface area contributed by atoms with E-state index in [0.29, 0.717) is 29.0 Å². The molecule has 3 aromatic rings. The highest BCUT2D eigenvalue weighted by Crippen LogP contribution is 2.37. The predicted octanol–water partition coefficient (Wildman–Crippen LogP) is 4.21. The Morgan fingerprint density at radius 1 is 1.10 bits per heavy atom. The number of pyridine rings is 1. The third-order valence-corrected chi connectivity index (χ3v) is 4.73. The number of methoxy groups -OCH3 is 2. The highest BCUT2D eigenvalue weighted by atomic mass is 16.5. The van der Waals surface area contributed by atoms with Crippen LogP contribution in [0.2, 0.25) is 0 Å². The molecule has 152 valence electrons. The summed E-state index contributed by atoms with van der Waals surface area (Å²) in [6, 6.07) is 12.3. The summed E-state index contributed by atoms with van der Waals surface area (Å²) < 4.78 is 10.7. The highest BCUT2D eigenvalue weighted by Gasteiger charge is 2.23. The number of hydrogen-bond donors (Lipinski definition) is 2. The minimum Gasteiger partial charge on any atom is -0.505 e. The van der Waals surface area contributed by atoms with E-state index in [4.69, 9.17) is 9.47 Å². The maximum Gasteiger partial charge on any atom is 0.221 e. The van der Waals surface area contributed by atoms with Crippen molar-refractivity contribution in [1.82, 2.24) is 10.3 Å². The van der Waals surface area contributed by atoms with Gasteiger partial charge in [-0.05, 0) is 29.7 Å². The zero-order chi connectivity index (χ0) is 21.0. The lowest BCUT2D eigenvalue weighted by molar-refractivity contribution is -0.122. The number of rotatable bonds is 7. The lowest BCUT2D eigenvalue weighted by Crippen LogP contribution is -2.30. The average Bonchev–Trinajstić information content (AvgIpc) is 2.72. The first-order valence-corrected chi connectivity index (χ1v) is 9.52. The number of carbonyl (C=O) groups excluding carboxylic acids is 1. The third-order valence-electron chi connectivity index (χ3n) is 4.73. The van der Waals surface area contributed by atoms with E-state index in [0.717, 1.165) is 10.9 Å². The summed E-state index contributed by atoms with van der Waals surface area (Å²) in [5.41, 5.74) is 1.83. The SMILES string of the molecule is COc1ccc([C@H](NC(=O)CC(C)C)c2ccc3cccnc3c2O)cc1OC. The second-order valence-corrected chi connectivity index (χ2v) is 7.29. The second kappa shape index (κ2) is 8.82. The van der Waals surface area contributed by atoms with Gasteiger partial charge in [-0.15, -0.1) is 0 Å². The van der Waals surface area contributed by atoms with E-state index in [-0.39, 0.29) is 17.6 Å². The van der Waals surface area contributed by atoms with Crippen molar-refractivity contribution in [3.05, 3.63) is 59.8 Å². The maximum atomic E-state index is 12.6. The zero-order valence-electron chi connectivity index (χ0n) is 17.1. The van der Waals surface area contributed by atoms with E-state index >= 15 is 0 Å². The van der Waals surface area contributed by atoms with Crippen LogP contribution in [0.15, 0.2) is 48.7 Å². The van der Waals surface area contributed by atoms with Crippen molar-refractivity contribution in [2.45, 2.75) is 26.3 Å². The van der Waals surface area contributed by atoms with E-state index in [1.807, 2.05) is 44.2 Å².